The van der Waals surface area contributed by atoms with Gasteiger partial charge in [-0.1, -0.05) is 42.5 Å². The Bertz CT molecular complexity index is 587. The lowest BCUT2D eigenvalue weighted by Gasteiger charge is -2.13. The number of aryl methyl sites for hydroxylation is 1. The van der Waals surface area contributed by atoms with Gasteiger partial charge in [0, 0.05) is 6.54 Å². The molecule has 0 aromatic heterocycles. The number of nitrogens with one attached hydrogen (secondary N) is 2. The Labute approximate surface area is 137 Å². The van der Waals surface area contributed by atoms with E-state index in [1.807, 2.05) is 30.3 Å². The summed E-state index contributed by atoms with van der Waals surface area (Å²) >= 11 is 5.31. The second-order valence-electron chi connectivity index (χ2n) is 5.02. The first-order chi connectivity index (χ1) is 10.8. The highest BCUT2D eigenvalue weighted by molar-refractivity contribution is 7.80. The van der Waals surface area contributed by atoms with E-state index in [1.54, 1.807) is 7.11 Å². The highest BCUT2D eigenvalue weighted by atomic mass is 32.1. The molecule has 0 unspecified atom stereocenters. The van der Waals surface area contributed by atoms with Gasteiger partial charge in [-0.2, -0.15) is 0 Å². The summed E-state index contributed by atoms with van der Waals surface area (Å²) in [5.74, 6) is 0.788. The Kier molecular flexibility index (Phi) is 6.71. The Balaban J connectivity index is 1.65. The van der Waals surface area contributed by atoms with Gasteiger partial charge in [0.2, 0.25) is 0 Å². The fraction of sp³-hybridized carbons (Fsp3) is 0.278. The van der Waals surface area contributed by atoms with E-state index in [0.29, 0.717) is 5.11 Å². The van der Waals surface area contributed by atoms with Crippen molar-refractivity contribution in [3.63, 3.8) is 0 Å². The predicted molar refractivity (Wildman–Crippen MR) is 96.6 cm³/mol. The van der Waals surface area contributed by atoms with Crippen molar-refractivity contribution in [2.45, 2.75) is 19.3 Å². The molecule has 0 atom stereocenters. The van der Waals surface area contributed by atoms with E-state index < -0.39 is 0 Å². The minimum Gasteiger partial charge on any atom is -0.495 e. The van der Waals surface area contributed by atoms with Gasteiger partial charge in [0.15, 0.2) is 5.11 Å². The largest absolute Gasteiger partial charge is 0.495 e. The summed E-state index contributed by atoms with van der Waals surface area (Å²) < 4.78 is 5.29. The molecule has 0 bridgehead atoms. The zero-order valence-electron chi connectivity index (χ0n) is 12.8. The molecule has 2 rings (SSSR count). The summed E-state index contributed by atoms with van der Waals surface area (Å²) in [6.07, 6.45) is 3.34. The number of benzene rings is 2. The van der Waals surface area contributed by atoms with Crippen molar-refractivity contribution >= 4 is 23.0 Å². The molecule has 4 heteroatoms. The molecule has 3 nitrogen and oxygen atoms in total. The summed E-state index contributed by atoms with van der Waals surface area (Å²) in [5, 5.41) is 7.03. The van der Waals surface area contributed by atoms with Crippen molar-refractivity contribution in [3.8, 4) is 5.75 Å². The van der Waals surface area contributed by atoms with Gasteiger partial charge in [-0.15, -0.1) is 0 Å². The number of unbranched alkanes of at least 4 members (excludes halogenated alkanes) is 1. The van der Waals surface area contributed by atoms with Crippen LogP contribution in [0, 0.1) is 0 Å². The van der Waals surface area contributed by atoms with Crippen LogP contribution in [0.2, 0.25) is 0 Å². The highest BCUT2D eigenvalue weighted by Gasteiger charge is 2.03. The van der Waals surface area contributed by atoms with Crippen molar-refractivity contribution in [2.75, 3.05) is 19.0 Å². The third-order valence-corrected chi connectivity index (χ3v) is 3.62. The summed E-state index contributed by atoms with van der Waals surface area (Å²) in [6.45, 7) is 0.869. The van der Waals surface area contributed by atoms with Gasteiger partial charge in [0.05, 0.1) is 12.8 Å². The van der Waals surface area contributed by atoms with E-state index in [9.17, 15) is 0 Å². The van der Waals surface area contributed by atoms with Crippen molar-refractivity contribution in [1.82, 2.24) is 5.32 Å². The second kappa shape index (κ2) is 9.05. The first kappa shape index (κ1) is 16.3. The monoisotopic (exact) mass is 314 g/mol. The topological polar surface area (TPSA) is 33.3 Å². The first-order valence-electron chi connectivity index (χ1n) is 7.51. The third-order valence-electron chi connectivity index (χ3n) is 3.38. The molecule has 0 heterocycles. The van der Waals surface area contributed by atoms with Crippen LogP contribution in [-0.2, 0) is 6.42 Å². The molecule has 0 amide bonds. The van der Waals surface area contributed by atoms with Crippen molar-refractivity contribution in [1.29, 1.82) is 0 Å². The molecule has 0 aliphatic rings. The van der Waals surface area contributed by atoms with Gasteiger partial charge in [-0.05, 0) is 49.2 Å². The molecule has 0 fully saturated rings. The molecule has 2 aromatic carbocycles. The average molecular weight is 314 g/mol. The van der Waals surface area contributed by atoms with Crippen LogP contribution in [0.5, 0.6) is 5.75 Å². The predicted octanol–water partition coefficient (Wildman–Crippen LogP) is 4.00. The van der Waals surface area contributed by atoms with Gasteiger partial charge in [-0.25, -0.2) is 0 Å². The molecular weight excluding hydrogens is 292 g/mol. The molecule has 22 heavy (non-hydrogen) atoms. The van der Waals surface area contributed by atoms with E-state index in [4.69, 9.17) is 17.0 Å². The maximum Gasteiger partial charge on any atom is 0.170 e. The average Bonchev–Trinajstić information content (AvgIpc) is 2.56. The van der Waals surface area contributed by atoms with Crippen LogP contribution in [-0.4, -0.2) is 18.8 Å². The minimum atomic E-state index is 0.629. The van der Waals surface area contributed by atoms with Crippen molar-refractivity contribution < 1.29 is 4.74 Å². The SMILES string of the molecule is COc1ccccc1NC(=S)NCCCCc1ccccc1. The van der Waals surface area contributed by atoms with Crippen LogP contribution < -0.4 is 15.4 Å². The summed E-state index contributed by atoms with van der Waals surface area (Å²) in [4.78, 5) is 0. The van der Waals surface area contributed by atoms with E-state index in [-0.39, 0.29) is 0 Å². The Morgan fingerprint density at radius 3 is 2.50 bits per heavy atom. The standard InChI is InChI=1S/C18H22N2OS/c1-21-17-13-6-5-12-16(17)20-18(22)19-14-8-7-11-15-9-3-2-4-10-15/h2-6,9-10,12-13H,7-8,11,14H2,1H3,(H2,19,20,22). The Hall–Kier alpha value is -2.07. The summed E-state index contributed by atoms with van der Waals surface area (Å²) in [6, 6.07) is 18.3. The van der Waals surface area contributed by atoms with E-state index >= 15 is 0 Å². The van der Waals surface area contributed by atoms with Crippen LogP contribution in [0.3, 0.4) is 0 Å². The molecule has 0 saturated carbocycles. The fourth-order valence-electron chi connectivity index (χ4n) is 2.22. The van der Waals surface area contributed by atoms with Crippen LogP contribution in [0.1, 0.15) is 18.4 Å². The van der Waals surface area contributed by atoms with Gasteiger partial charge < -0.3 is 15.4 Å². The maximum absolute atomic E-state index is 5.31. The lowest BCUT2D eigenvalue weighted by atomic mass is 10.1. The quantitative estimate of drug-likeness (QED) is 0.598. The number of hydrogen-bond acceptors (Lipinski definition) is 2. The zero-order chi connectivity index (χ0) is 15.6. The molecule has 0 spiro atoms. The number of methoxy groups -OCH3 is 1. The van der Waals surface area contributed by atoms with E-state index in [0.717, 1.165) is 37.2 Å². The third kappa shape index (κ3) is 5.37. The molecule has 116 valence electrons. The maximum atomic E-state index is 5.31. The van der Waals surface area contributed by atoms with Gasteiger partial charge >= 0.3 is 0 Å². The number of ether oxygens (including phenoxy) is 1. The van der Waals surface area contributed by atoms with Crippen LogP contribution in [0.25, 0.3) is 0 Å². The highest BCUT2D eigenvalue weighted by Crippen LogP contribution is 2.22. The molecule has 0 aliphatic heterocycles. The first-order valence-corrected chi connectivity index (χ1v) is 7.92. The van der Waals surface area contributed by atoms with Gasteiger partial charge in [-0.3, -0.25) is 0 Å². The molecule has 0 aliphatic carbocycles. The normalized spacial score (nSPS) is 10.0. The van der Waals surface area contributed by atoms with Gasteiger partial charge in [0.25, 0.3) is 0 Å². The number of para-hydroxylation sites is 2. The van der Waals surface area contributed by atoms with Crippen LogP contribution >= 0.6 is 12.2 Å². The smallest absolute Gasteiger partial charge is 0.170 e. The Morgan fingerprint density at radius 2 is 1.73 bits per heavy atom. The molecule has 0 saturated heterocycles. The number of thiocarbonyl (C=S) groups is 1. The molecule has 0 radical (unpaired) electrons. The van der Waals surface area contributed by atoms with Crippen LogP contribution in [0.4, 0.5) is 5.69 Å². The lowest BCUT2D eigenvalue weighted by Crippen LogP contribution is -2.29. The second-order valence-corrected chi connectivity index (χ2v) is 5.43. The molecule has 2 aromatic rings. The summed E-state index contributed by atoms with van der Waals surface area (Å²) in [7, 11) is 1.65. The summed E-state index contributed by atoms with van der Waals surface area (Å²) in [5.41, 5.74) is 2.27. The number of hydrogen-bond donors (Lipinski definition) is 2. The molecular formula is C18H22N2OS. The Morgan fingerprint density at radius 1 is 1.00 bits per heavy atom. The zero-order valence-corrected chi connectivity index (χ0v) is 13.7. The van der Waals surface area contributed by atoms with Gasteiger partial charge in [0.1, 0.15) is 5.75 Å². The van der Waals surface area contributed by atoms with Crippen molar-refractivity contribution in [2.24, 2.45) is 0 Å². The number of anilines is 1. The van der Waals surface area contributed by atoms with E-state index in [2.05, 4.69) is 34.9 Å². The van der Waals surface area contributed by atoms with Crippen LogP contribution in [0.15, 0.2) is 54.6 Å². The lowest BCUT2D eigenvalue weighted by molar-refractivity contribution is 0.417. The number of rotatable bonds is 7. The van der Waals surface area contributed by atoms with Crippen molar-refractivity contribution in [3.05, 3.63) is 60.2 Å². The minimum absolute atomic E-state index is 0.629. The molecule has 2 N–H and O–H groups in total. The van der Waals surface area contributed by atoms with E-state index in [1.165, 1.54) is 5.56 Å². The fourth-order valence-corrected chi connectivity index (χ4v) is 2.43.